The molecule has 1 saturated heterocycles. The van der Waals surface area contributed by atoms with E-state index in [-0.39, 0.29) is 54.7 Å². The summed E-state index contributed by atoms with van der Waals surface area (Å²) in [7, 11) is 0. The smallest absolute Gasteiger partial charge is 0.336 e. The summed E-state index contributed by atoms with van der Waals surface area (Å²) in [6, 6.07) is 0. The molecule has 0 spiro atoms. The maximum atomic E-state index is 13.4. The predicted molar refractivity (Wildman–Crippen MR) is 168 cm³/mol. The third-order valence-corrected chi connectivity index (χ3v) is 13.6. The summed E-state index contributed by atoms with van der Waals surface area (Å²) >= 11 is 0. The van der Waals surface area contributed by atoms with Crippen LogP contribution in [0.25, 0.3) is 0 Å². The Bertz CT molecular complexity index is 1340. The fourth-order valence-corrected chi connectivity index (χ4v) is 10.8. The molecule has 6 rings (SSSR count). The van der Waals surface area contributed by atoms with E-state index in [0.29, 0.717) is 18.4 Å². The highest BCUT2D eigenvalue weighted by Crippen LogP contribution is 2.71. The first kappa shape index (κ1) is 34.9. The zero-order chi connectivity index (χ0) is 34.1. The van der Waals surface area contributed by atoms with Gasteiger partial charge in [0.2, 0.25) is 0 Å². The largest absolute Gasteiger partial charge is 0.458 e. The lowest BCUT2D eigenvalue weighted by atomic mass is 9.41. The summed E-state index contributed by atoms with van der Waals surface area (Å²) in [5.74, 6) is -0.786. The van der Waals surface area contributed by atoms with Gasteiger partial charge in [-0.2, -0.15) is 0 Å². The summed E-state index contributed by atoms with van der Waals surface area (Å²) < 4.78 is 17.2. The molecular weight excluding hydrogens is 608 g/mol. The van der Waals surface area contributed by atoms with E-state index < -0.39 is 66.1 Å². The second-order valence-corrected chi connectivity index (χ2v) is 15.7. The maximum Gasteiger partial charge on any atom is 0.336 e. The van der Waals surface area contributed by atoms with Crippen molar-refractivity contribution in [2.75, 3.05) is 26.4 Å². The number of fused-ring (bicyclic) bond motifs is 5. The third kappa shape index (κ3) is 5.31. The van der Waals surface area contributed by atoms with Crippen LogP contribution >= 0.6 is 0 Å². The van der Waals surface area contributed by atoms with Gasteiger partial charge >= 0.3 is 5.97 Å². The summed E-state index contributed by atoms with van der Waals surface area (Å²) in [6.07, 6.45) is 2.34. The van der Waals surface area contributed by atoms with Crippen LogP contribution in [0.15, 0.2) is 34.9 Å². The molecule has 2 aliphatic heterocycles. The van der Waals surface area contributed by atoms with Gasteiger partial charge in [-0.1, -0.05) is 37.1 Å². The second-order valence-electron chi connectivity index (χ2n) is 15.7. The normalized spacial score (nSPS) is 47.1. The Morgan fingerprint density at radius 2 is 1.72 bits per heavy atom. The number of aliphatic hydroxyl groups is 6. The van der Waals surface area contributed by atoms with Crippen molar-refractivity contribution in [2.24, 2.45) is 39.9 Å². The highest BCUT2D eigenvalue weighted by molar-refractivity contribution is 5.98. The summed E-state index contributed by atoms with van der Waals surface area (Å²) in [4.78, 5) is 26.7. The number of allylic oxidation sites excluding steroid dienone is 4. The molecule has 262 valence electrons. The number of carbonyl (C=O) groups is 2. The predicted octanol–water partition coefficient (Wildman–Crippen LogP) is 1.37. The highest BCUT2D eigenvalue weighted by atomic mass is 16.6. The molecule has 6 N–H and O–H groups in total. The monoisotopic (exact) mass is 660 g/mol. The molecule has 0 aromatic rings. The standard InChI is InChI=1S/C36H52O11/c1-18-12-23(47-33(44)21(18)16-45-17-25-31(42)32(43)30(41)24(15-38)46-25)20(14-37)22-8-9-26-34(2)11-10-19-6-5-7-28(39)35(19,3)27(34)13-29(40)36(22,26)4/h5,7,10,20,22-27,29-32,37-38,40-43H,6,8-9,11-17H2,1-4H3/t20?,22-,23-,24+,25?,26+,27+,29-,30+,31-,32-,34+,35+,36-/m1/s1. The molecule has 11 nitrogen and oxygen atoms in total. The number of ether oxygens (including phenoxy) is 3. The fourth-order valence-electron chi connectivity index (χ4n) is 10.8. The van der Waals surface area contributed by atoms with Crippen molar-refractivity contribution in [3.05, 3.63) is 34.9 Å². The Balaban J connectivity index is 1.16. The van der Waals surface area contributed by atoms with Gasteiger partial charge in [0.05, 0.1) is 36.9 Å². The number of rotatable bonds is 8. The van der Waals surface area contributed by atoms with Gasteiger partial charge in [0.15, 0.2) is 5.78 Å². The number of esters is 1. The minimum atomic E-state index is -1.51. The Labute approximate surface area is 276 Å². The zero-order valence-corrected chi connectivity index (χ0v) is 27.9. The van der Waals surface area contributed by atoms with Gasteiger partial charge in [0, 0.05) is 24.4 Å². The van der Waals surface area contributed by atoms with Crippen LogP contribution in [0.1, 0.15) is 66.2 Å². The lowest BCUT2D eigenvalue weighted by Gasteiger charge is -2.63. The molecular formula is C36H52O11. The zero-order valence-electron chi connectivity index (χ0n) is 27.9. The van der Waals surface area contributed by atoms with Gasteiger partial charge in [-0.05, 0) is 75.2 Å². The van der Waals surface area contributed by atoms with Crippen LogP contribution in [0.3, 0.4) is 0 Å². The fraction of sp³-hybridized carbons (Fsp3) is 0.778. The summed E-state index contributed by atoms with van der Waals surface area (Å²) in [5.41, 5.74) is 0.890. The molecule has 0 aromatic heterocycles. The molecule has 6 aliphatic rings. The van der Waals surface area contributed by atoms with Gasteiger partial charge in [-0.3, -0.25) is 4.79 Å². The average Bonchev–Trinajstić information content (AvgIpc) is 3.40. The van der Waals surface area contributed by atoms with E-state index in [0.717, 1.165) is 36.8 Å². The molecule has 4 aliphatic carbocycles. The first-order valence-corrected chi connectivity index (χ1v) is 17.2. The lowest BCUT2D eigenvalue weighted by molar-refractivity contribution is -0.238. The Hall–Kier alpha value is -1.96. The molecule has 14 atom stereocenters. The van der Waals surface area contributed by atoms with E-state index in [1.165, 1.54) is 0 Å². The second kappa shape index (κ2) is 12.7. The molecule has 3 fully saturated rings. The molecule has 0 aromatic carbocycles. The van der Waals surface area contributed by atoms with Gasteiger partial charge < -0.3 is 44.8 Å². The first-order chi connectivity index (χ1) is 22.2. The van der Waals surface area contributed by atoms with E-state index in [4.69, 9.17) is 14.2 Å². The topological polar surface area (TPSA) is 183 Å². The van der Waals surface area contributed by atoms with Crippen molar-refractivity contribution in [3.8, 4) is 0 Å². The van der Waals surface area contributed by atoms with Crippen LogP contribution in [-0.4, -0.2) is 112 Å². The van der Waals surface area contributed by atoms with Crippen molar-refractivity contribution in [3.63, 3.8) is 0 Å². The molecule has 2 unspecified atom stereocenters. The van der Waals surface area contributed by atoms with Gasteiger partial charge in [-0.25, -0.2) is 4.79 Å². The van der Waals surface area contributed by atoms with E-state index in [1.54, 1.807) is 6.08 Å². The van der Waals surface area contributed by atoms with Crippen molar-refractivity contribution in [1.82, 2.24) is 0 Å². The summed E-state index contributed by atoms with van der Waals surface area (Å²) in [5, 5.41) is 62.6. The average molecular weight is 661 g/mol. The van der Waals surface area contributed by atoms with E-state index in [1.807, 2.05) is 13.0 Å². The van der Waals surface area contributed by atoms with E-state index in [2.05, 4.69) is 26.8 Å². The van der Waals surface area contributed by atoms with Crippen LogP contribution in [-0.2, 0) is 23.8 Å². The van der Waals surface area contributed by atoms with Crippen LogP contribution in [0.5, 0.6) is 0 Å². The molecule has 0 bridgehead atoms. The molecule has 11 heteroatoms. The van der Waals surface area contributed by atoms with Crippen LogP contribution in [0.4, 0.5) is 0 Å². The third-order valence-electron chi connectivity index (χ3n) is 13.6. The van der Waals surface area contributed by atoms with Crippen molar-refractivity contribution < 1.29 is 54.4 Å². The molecule has 0 radical (unpaired) electrons. The minimum Gasteiger partial charge on any atom is -0.458 e. The molecule has 0 amide bonds. The van der Waals surface area contributed by atoms with Gasteiger partial charge in [-0.15, -0.1) is 0 Å². The van der Waals surface area contributed by atoms with Crippen LogP contribution in [0.2, 0.25) is 0 Å². The number of aliphatic hydroxyl groups excluding tert-OH is 6. The molecule has 47 heavy (non-hydrogen) atoms. The Morgan fingerprint density at radius 1 is 1.00 bits per heavy atom. The lowest BCUT2D eigenvalue weighted by Crippen LogP contribution is -2.62. The van der Waals surface area contributed by atoms with E-state index >= 15 is 0 Å². The van der Waals surface area contributed by atoms with Crippen LogP contribution < -0.4 is 0 Å². The number of cyclic esters (lactones) is 1. The quantitative estimate of drug-likeness (QED) is 0.163. The Kier molecular flexibility index (Phi) is 9.45. The number of ketones is 1. The van der Waals surface area contributed by atoms with Crippen molar-refractivity contribution in [2.45, 2.75) is 109 Å². The first-order valence-electron chi connectivity index (χ1n) is 17.2. The maximum absolute atomic E-state index is 13.4. The number of carbonyl (C=O) groups excluding carboxylic acids is 2. The highest BCUT2D eigenvalue weighted by Gasteiger charge is 2.68. The molecule has 2 heterocycles. The van der Waals surface area contributed by atoms with Gasteiger partial charge in [0.25, 0.3) is 0 Å². The number of hydrogen-bond acceptors (Lipinski definition) is 11. The SMILES string of the molecule is CC1=C(COCC2O[C@@H](CO)[C@H](O)[C@@H](O)[C@@H]2O)C(=O)O[C@@H](C(CO)[C@H]2CC[C@H]3[C@]4(C)CC=C5CC=CC(=O)[C@]5(C)[C@H]4C[C@@H](O)[C@]23C)C1. The number of hydrogen-bond donors (Lipinski definition) is 6. The Morgan fingerprint density at radius 3 is 2.40 bits per heavy atom. The van der Waals surface area contributed by atoms with Crippen LogP contribution in [0, 0.1) is 39.9 Å². The molecule has 2 saturated carbocycles. The summed E-state index contributed by atoms with van der Waals surface area (Å²) in [6.45, 7) is 7.27. The van der Waals surface area contributed by atoms with E-state index in [9.17, 15) is 40.2 Å². The van der Waals surface area contributed by atoms with Crippen molar-refractivity contribution in [1.29, 1.82) is 0 Å². The minimum absolute atomic E-state index is 0.00933. The van der Waals surface area contributed by atoms with Gasteiger partial charge in [0.1, 0.15) is 36.6 Å². The van der Waals surface area contributed by atoms with Crippen molar-refractivity contribution >= 4 is 11.8 Å².